The molecule has 1 amide bonds. The van der Waals surface area contributed by atoms with E-state index in [9.17, 15) is 14.4 Å². The summed E-state index contributed by atoms with van der Waals surface area (Å²) in [5.41, 5.74) is 0.505. The molecule has 0 N–H and O–H groups in total. The summed E-state index contributed by atoms with van der Waals surface area (Å²) in [6, 6.07) is 12.2. The zero-order valence-electron chi connectivity index (χ0n) is 16.4. The van der Waals surface area contributed by atoms with Gasteiger partial charge in [0.2, 0.25) is 0 Å². The smallest absolute Gasteiger partial charge is 0.337 e. The minimum Gasteiger partial charge on any atom is -0.337 e. The molecule has 1 aliphatic rings. The minimum atomic E-state index is -0.265. The molecule has 1 saturated heterocycles. The van der Waals surface area contributed by atoms with E-state index in [2.05, 4.69) is 10.2 Å². The Balaban J connectivity index is 1.65. The van der Waals surface area contributed by atoms with Gasteiger partial charge >= 0.3 is 5.69 Å². The maximum atomic E-state index is 12.9. The van der Waals surface area contributed by atoms with Crippen LogP contribution >= 0.6 is 0 Å². The van der Waals surface area contributed by atoms with Crippen LogP contribution in [0.15, 0.2) is 52.1 Å². The predicted octanol–water partition coefficient (Wildman–Crippen LogP) is 0.684. The minimum absolute atomic E-state index is 0.0747. The van der Waals surface area contributed by atoms with Crippen molar-refractivity contribution in [3.63, 3.8) is 0 Å². The van der Waals surface area contributed by atoms with E-state index in [-0.39, 0.29) is 28.8 Å². The maximum absolute atomic E-state index is 12.9. The first kappa shape index (κ1) is 18.9. The van der Waals surface area contributed by atoms with Crippen LogP contribution in [0.25, 0.3) is 5.69 Å². The zero-order chi connectivity index (χ0) is 20.5. The van der Waals surface area contributed by atoms with Crippen molar-refractivity contribution in [1.29, 1.82) is 0 Å². The molecule has 9 heteroatoms. The molecule has 0 bridgehead atoms. The van der Waals surface area contributed by atoms with E-state index >= 15 is 0 Å². The van der Waals surface area contributed by atoms with Crippen LogP contribution in [0.4, 0.5) is 0 Å². The lowest BCUT2D eigenvalue weighted by molar-refractivity contribution is 0.0695. The molecule has 0 aliphatic carbocycles. The van der Waals surface area contributed by atoms with Gasteiger partial charge in [-0.25, -0.2) is 18.7 Å². The third kappa shape index (κ3) is 3.51. The average Bonchev–Trinajstić information content (AvgIpc) is 3.05. The summed E-state index contributed by atoms with van der Waals surface area (Å²) in [4.78, 5) is 38.9. The number of carbonyl (C=O) groups is 1. The molecule has 0 unspecified atom stereocenters. The van der Waals surface area contributed by atoms with Gasteiger partial charge in [-0.2, -0.15) is 10.2 Å². The molecule has 1 aliphatic heterocycles. The number of amides is 1. The van der Waals surface area contributed by atoms with Gasteiger partial charge in [-0.1, -0.05) is 18.2 Å². The Labute approximate surface area is 166 Å². The first-order valence-corrected chi connectivity index (χ1v) is 9.50. The van der Waals surface area contributed by atoms with E-state index in [1.807, 2.05) is 30.3 Å². The number of likely N-dealkylation sites (tertiary alicyclic amines) is 1. The van der Waals surface area contributed by atoms with Gasteiger partial charge in [-0.15, -0.1) is 0 Å². The highest BCUT2D eigenvalue weighted by Gasteiger charge is 2.30. The van der Waals surface area contributed by atoms with E-state index in [0.29, 0.717) is 18.9 Å². The summed E-state index contributed by atoms with van der Waals surface area (Å²) in [5.74, 6) is 0.346. The van der Waals surface area contributed by atoms with Crippen molar-refractivity contribution in [2.45, 2.75) is 18.8 Å². The van der Waals surface area contributed by atoms with E-state index in [0.717, 1.165) is 23.2 Å². The molecule has 1 atom stereocenters. The summed E-state index contributed by atoms with van der Waals surface area (Å²) < 4.78 is 4.10. The summed E-state index contributed by atoms with van der Waals surface area (Å²) in [5, 5.41) is 8.54. The van der Waals surface area contributed by atoms with Crippen LogP contribution < -0.4 is 11.2 Å². The normalized spacial score (nSPS) is 16.8. The highest BCUT2D eigenvalue weighted by molar-refractivity contribution is 5.92. The lowest BCUT2D eigenvalue weighted by Crippen LogP contribution is -2.41. The molecule has 0 radical (unpaired) electrons. The van der Waals surface area contributed by atoms with Crippen LogP contribution in [0.1, 0.15) is 35.1 Å². The van der Waals surface area contributed by atoms with Crippen LogP contribution in [0, 0.1) is 0 Å². The molecular formula is C20H22N6O3. The number of carbonyl (C=O) groups excluding carboxylic acids is 1. The Bertz CT molecular complexity index is 1160. The molecule has 29 heavy (non-hydrogen) atoms. The third-order valence-electron chi connectivity index (χ3n) is 5.22. The van der Waals surface area contributed by atoms with Gasteiger partial charge in [0.1, 0.15) is 11.5 Å². The number of benzene rings is 1. The fourth-order valence-electron chi connectivity index (χ4n) is 3.72. The Morgan fingerprint density at radius 3 is 2.48 bits per heavy atom. The van der Waals surface area contributed by atoms with Crippen molar-refractivity contribution < 1.29 is 4.79 Å². The SMILES string of the molecule is Cn1nc(C(=O)N2CCC[C@@H](c3nn(C)c(=O)n3-c3ccccc3)C2)ccc1=O. The summed E-state index contributed by atoms with van der Waals surface area (Å²) >= 11 is 0. The third-order valence-corrected chi connectivity index (χ3v) is 5.22. The van der Waals surface area contributed by atoms with Gasteiger partial charge in [0.15, 0.2) is 0 Å². The highest BCUT2D eigenvalue weighted by Crippen LogP contribution is 2.27. The highest BCUT2D eigenvalue weighted by atomic mass is 16.2. The number of rotatable bonds is 3. The number of hydrogen-bond acceptors (Lipinski definition) is 5. The summed E-state index contributed by atoms with van der Waals surface area (Å²) in [6.45, 7) is 1.04. The number of hydrogen-bond donors (Lipinski definition) is 0. The van der Waals surface area contributed by atoms with Crippen molar-refractivity contribution in [2.24, 2.45) is 14.1 Å². The average molecular weight is 394 g/mol. The monoisotopic (exact) mass is 394 g/mol. The molecule has 0 saturated carbocycles. The molecule has 0 spiro atoms. The summed E-state index contributed by atoms with van der Waals surface area (Å²) in [7, 11) is 3.15. The molecule has 9 nitrogen and oxygen atoms in total. The van der Waals surface area contributed by atoms with Gasteiger partial charge in [0.25, 0.3) is 11.5 Å². The van der Waals surface area contributed by atoms with Crippen LogP contribution in [0.2, 0.25) is 0 Å². The molecular weight excluding hydrogens is 372 g/mol. The topological polar surface area (TPSA) is 95.0 Å². The van der Waals surface area contributed by atoms with Crippen molar-refractivity contribution in [3.8, 4) is 5.69 Å². The maximum Gasteiger partial charge on any atom is 0.350 e. The summed E-state index contributed by atoms with van der Waals surface area (Å²) in [6.07, 6.45) is 1.62. The molecule has 150 valence electrons. The van der Waals surface area contributed by atoms with Crippen LogP contribution in [0.3, 0.4) is 0 Å². The van der Waals surface area contributed by atoms with Gasteiger partial charge in [-0.3, -0.25) is 9.59 Å². The molecule has 3 heterocycles. The molecule has 1 aromatic carbocycles. The first-order chi connectivity index (χ1) is 14.0. The van der Waals surface area contributed by atoms with Crippen molar-refractivity contribution in [3.05, 3.63) is 74.8 Å². The molecule has 4 rings (SSSR count). The second-order valence-corrected chi connectivity index (χ2v) is 7.21. The lowest BCUT2D eigenvalue weighted by atomic mass is 9.96. The van der Waals surface area contributed by atoms with E-state index in [1.54, 1.807) is 16.5 Å². The largest absolute Gasteiger partial charge is 0.350 e. The lowest BCUT2D eigenvalue weighted by Gasteiger charge is -2.32. The Morgan fingerprint density at radius 1 is 1.00 bits per heavy atom. The van der Waals surface area contributed by atoms with Crippen molar-refractivity contribution >= 4 is 5.91 Å². The van der Waals surface area contributed by atoms with Crippen LogP contribution in [-0.4, -0.2) is 48.0 Å². The van der Waals surface area contributed by atoms with Crippen LogP contribution in [-0.2, 0) is 14.1 Å². The van der Waals surface area contributed by atoms with Crippen LogP contribution in [0.5, 0.6) is 0 Å². The zero-order valence-corrected chi connectivity index (χ0v) is 16.4. The van der Waals surface area contributed by atoms with Gasteiger partial charge in [0.05, 0.1) is 5.69 Å². The number of aryl methyl sites for hydroxylation is 2. The second kappa shape index (κ2) is 7.50. The quantitative estimate of drug-likeness (QED) is 0.651. The standard InChI is InChI=1S/C20H22N6O3/c1-23-17(27)11-10-16(21-23)19(28)25-12-6-7-14(13-25)18-22-24(2)20(29)26(18)15-8-4-3-5-9-15/h3-5,8-11,14H,6-7,12-13H2,1-2H3/t14-/m1/s1. The molecule has 3 aromatic rings. The van der Waals surface area contributed by atoms with E-state index < -0.39 is 0 Å². The predicted molar refractivity (Wildman–Crippen MR) is 106 cm³/mol. The molecule has 1 fully saturated rings. The van der Waals surface area contributed by atoms with Crippen molar-refractivity contribution in [1.82, 2.24) is 29.0 Å². The number of aromatic nitrogens is 5. The Kier molecular flexibility index (Phi) is 4.87. The van der Waals surface area contributed by atoms with E-state index in [1.165, 1.54) is 23.9 Å². The first-order valence-electron chi connectivity index (χ1n) is 9.50. The molecule has 2 aromatic heterocycles. The fourth-order valence-corrected chi connectivity index (χ4v) is 3.72. The Hall–Kier alpha value is -3.49. The number of piperidine rings is 1. The van der Waals surface area contributed by atoms with Crippen molar-refractivity contribution in [2.75, 3.05) is 13.1 Å². The van der Waals surface area contributed by atoms with Gasteiger partial charge in [-0.05, 0) is 31.0 Å². The van der Waals surface area contributed by atoms with E-state index in [4.69, 9.17) is 0 Å². The Morgan fingerprint density at radius 2 is 1.76 bits per heavy atom. The second-order valence-electron chi connectivity index (χ2n) is 7.21. The van der Waals surface area contributed by atoms with Gasteiger partial charge in [0, 0.05) is 39.2 Å². The number of para-hydroxylation sites is 1. The number of nitrogens with zero attached hydrogens (tertiary/aromatic N) is 6. The fraction of sp³-hybridized carbons (Fsp3) is 0.350. The van der Waals surface area contributed by atoms with Gasteiger partial charge < -0.3 is 4.90 Å².